The smallest absolute Gasteiger partial charge is 0.259 e. The number of hydrogen-bond donors (Lipinski definition) is 2. The van der Waals surface area contributed by atoms with Crippen molar-refractivity contribution in [3.05, 3.63) is 102 Å². The van der Waals surface area contributed by atoms with Gasteiger partial charge < -0.3 is 19.2 Å². The predicted molar refractivity (Wildman–Crippen MR) is 154 cm³/mol. The van der Waals surface area contributed by atoms with Gasteiger partial charge in [0.15, 0.2) is 0 Å². The molecule has 0 atom stereocenters. The molecule has 7 nitrogen and oxygen atoms in total. The fourth-order valence-electron chi connectivity index (χ4n) is 5.29. The number of fused-ring (bicyclic) bond motifs is 2. The molecule has 3 aromatic carbocycles. The number of ether oxygens (including phenoxy) is 1. The lowest BCUT2D eigenvalue weighted by Gasteiger charge is -2.10. The molecular weight excluding hydrogens is 488 g/mol. The molecule has 6 rings (SSSR count). The van der Waals surface area contributed by atoms with Crippen LogP contribution in [-0.4, -0.2) is 46.9 Å². The van der Waals surface area contributed by atoms with E-state index >= 15 is 0 Å². The number of aryl methyl sites for hydroxylation is 1. The topological polar surface area (TPSA) is 79.4 Å². The van der Waals surface area contributed by atoms with Crippen molar-refractivity contribution in [1.82, 2.24) is 19.8 Å². The Morgan fingerprint density at radius 1 is 0.846 bits per heavy atom. The van der Waals surface area contributed by atoms with E-state index in [1.807, 2.05) is 72.9 Å². The summed E-state index contributed by atoms with van der Waals surface area (Å²) in [5.41, 5.74) is 5.20. The van der Waals surface area contributed by atoms with Crippen LogP contribution in [0, 0.1) is 0 Å². The minimum absolute atomic E-state index is 0.377. The molecule has 0 unspecified atom stereocenters. The standard InChI is InChI=1S/C32H30N4O3/c1-35(2)15-8-16-36-19-26(23-11-6-7-12-28(23)36)30-29(31(37)34-32(30)38)25-18-33-27-14-13-22(17-24(25)27)39-20-21-9-4-3-5-10-21/h3-7,9-14,17-19,33H,8,15-16,20H2,1-2H3,(H,34,37,38). The summed E-state index contributed by atoms with van der Waals surface area (Å²) in [6.45, 7) is 2.21. The summed E-state index contributed by atoms with van der Waals surface area (Å²) in [7, 11) is 4.12. The highest BCUT2D eigenvalue weighted by atomic mass is 16.5. The molecule has 0 bridgehead atoms. The van der Waals surface area contributed by atoms with Crippen LogP contribution in [0.15, 0.2) is 85.2 Å². The second-order valence-corrected chi connectivity index (χ2v) is 10.1. The summed E-state index contributed by atoms with van der Waals surface area (Å²) in [4.78, 5) is 31.9. The van der Waals surface area contributed by atoms with Crippen molar-refractivity contribution in [2.45, 2.75) is 19.6 Å². The van der Waals surface area contributed by atoms with Gasteiger partial charge in [-0.3, -0.25) is 14.9 Å². The van der Waals surface area contributed by atoms with Crippen molar-refractivity contribution in [2.75, 3.05) is 20.6 Å². The first-order valence-corrected chi connectivity index (χ1v) is 13.1. The molecule has 2 amide bonds. The number of hydrogen-bond acceptors (Lipinski definition) is 4. The van der Waals surface area contributed by atoms with Crippen molar-refractivity contribution in [3.63, 3.8) is 0 Å². The Morgan fingerprint density at radius 2 is 1.59 bits per heavy atom. The van der Waals surface area contributed by atoms with Crippen molar-refractivity contribution in [3.8, 4) is 5.75 Å². The van der Waals surface area contributed by atoms with Gasteiger partial charge in [-0.1, -0.05) is 48.5 Å². The summed E-state index contributed by atoms with van der Waals surface area (Å²) in [6, 6.07) is 23.8. The van der Waals surface area contributed by atoms with Crippen LogP contribution >= 0.6 is 0 Å². The van der Waals surface area contributed by atoms with Crippen LogP contribution in [0.4, 0.5) is 0 Å². The van der Waals surface area contributed by atoms with Crippen LogP contribution in [0.25, 0.3) is 33.0 Å². The molecular formula is C32H30N4O3. The molecule has 5 aromatic rings. The third-order valence-electron chi connectivity index (χ3n) is 7.16. The predicted octanol–water partition coefficient (Wildman–Crippen LogP) is 5.22. The monoisotopic (exact) mass is 518 g/mol. The van der Waals surface area contributed by atoms with Crippen molar-refractivity contribution < 1.29 is 14.3 Å². The SMILES string of the molecule is CN(C)CCCn1cc(C2=C(c3c[nH]c4ccc(OCc5ccccc5)cc34)C(=O)NC2=O)c2ccccc21. The fourth-order valence-corrected chi connectivity index (χ4v) is 5.29. The van der Waals surface area contributed by atoms with E-state index in [9.17, 15) is 9.59 Å². The van der Waals surface area contributed by atoms with Gasteiger partial charge in [0, 0.05) is 51.9 Å². The van der Waals surface area contributed by atoms with E-state index in [0.717, 1.165) is 52.4 Å². The fraction of sp³-hybridized carbons (Fsp3) is 0.188. The molecule has 3 heterocycles. The number of carbonyl (C=O) groups is 2. The maximum absolute atomic E-state index is 13.3. The van der Waals surface area contributed by atoms with E-state index in [4.69, 9.17) is 4.74 Å². The molecule has 0 saturated heterocycles. The van der Waals surface area contributed by atoms with Crippen LogP contribution in [0.2, 0.25) is 0 Å². The summed E-state index contributed by atoms with van der Waals surface area (Å²) < 4.78 is 8.24. The van der Waals surface area contributed by atoms with Gasteiger partial charge in [-0.15, -0.1) is 0 Å². The Balaban J connectivity index is 1.43. The lowest BCUT2D eigenvalue weighted by atomic mass is 9.95. The van der Waals surface area contributed by atoms with Gasteiger partial charge >= 0.3 is 0 Å². The molecule has 0 aliphatic carbocycles. The lowest BCUT2D eigenvalue weighted by molar-refractivity contribution is -0.122. The average molecular weight is 519 g/mol. The molecule has 7 heteroatoms. The van der Waals surface area contributed by atoms with E-state index in [0.29, 0.717) is 29.1 Å². The van der Waals surface area contributed by atoms with Gasteiger partial charge in [0.25, 0.3) is 11.8 Å². The van der Waals surface area contributed by atoms with Gasteiger partial charge in [-0.25, -0.2) is 0 Å². The van der Waals surface area contributed by atoms with Gasteiger partial charge in [-0.2, -0.15) is 0 Å². The number of aromatic nitrogens is 2. The number of nitrogens with zero attached hydrogens (tertiary/aromatic N) is 2. The van der Waals surface area contributed by atoms with E-state index in [1.54, 1.807) is 6.20 Å². The summed E-state index contributed by atoms with van der Waals surface area (Å²) in [5.74, 6) is -0.0791. The van der Waals surface area contributed by atoms with Gasteiger partial charge in [0.05, 0.1) is 11.1 Å². The highest BCUT2D eigenvalue weighted by molar-refractivity contribution is 6.50. The van der Waals surface area contributed by atoms with Crippen LogP contribution in [0.5, 0.6) is 5.75 Å². The summed E-state index contributed by atoms with van der Waals surface area (Å²) in [6.07, 6.45) is 4.78. The summed E-state index contributed by atoms with van der Waals surface area (Å²) >= 11 is 0. The Kier molecular flexibility index (Phi) is 6.50. The largest absolute Gasteiger partial charge is 0.489 e. The molecule has 0 spiro atoms. The van der Waals surface area contributed by atoms with Crippen LogP contribution in [0.3, 0.4) is 0 Å². The zero-order valence-corrected chi connectivity index (χ0v) is 22.0. The minimum Gasteiger partial charge on any atom is -0.489 e. The van der Waals surface area contributed by atoms with E-state index in [-0.39, 0.29) is 5.91 Å². The highest BCUT2D eigenvalue weighted by Crippen LogP contribution is 2.39. The maximum atomic E-state index is 13.3. The quantitative estimate of drug-likeness (QED) is 0.262. The Bertz CT molecular complexity index is 1730. The van der Waals surface area contributed by atoms with Crippen LogP contribution in [-0.2, 0) is 22.7 Å². The number of carbonyl (C=O) groups excluding carboxylic acids is 2. The molecule has 39 heavy (non-hydrogen) atoms. The molecule has 0 radical (unpaired) electrons. The molecule has 0 fully saturated rings. The zero-order chi connectivity index (χ0) is 26.9. The second-order valence-electron chi connectivity index (χ2n) is 10.1. The highest BCUT2D eigenvalue weighted by Gasteiger charge is 2.35. The number of rotatable bonds is 9. The summed E-state index contributed by atoms with van der Waals surface area (Å²) in [5, 5.41) is 4.33. The van der Waals surface area contributed by atoms with Crippen molar-refractivity contribution in [1.29, 1.82) is 0 Å². The Hall–Kier alpha value is -4.62. The lowest BCUT2D eigenvalue weighted by Crippen LogP contribution is -2.22. The van der Waals surface area contributed by atoms with Crippen molar-refractivity contribution >= 4 is 44.8 Å². The van der Waals surface area contributed by atoms with Gasteiger partial charge in [-0.05, 0) is 56.9 Å². The number of imide groups is 1. The van der Waals surface area contributed by atoms with E-state index in [2.05, 4.69) is 39.9 Å². The normalized spacial score (nSPS) is 13.7. The average Bonchev–Trinajstić information content (AvgIpc) is 3.60. The second kappa shape index (κ2) is 10.3. The molecule has 196 valence electrons. The molecule has 2 N–H and O–H groups in total. The van der Waals surface area contributed by atoms with E-state index < -0.39 is 5.91 Å². The molecule has 0 saturated carbocycles. The first-order chi connectivity index (χ1) is 19.0. The van der Waals surface area contributed by atoms with E-state index in [1.165, 1.54) is 0 Å². The van der Waals surface area contributed by atoms with Gasteiger partial charge in [0.2, 0.25) is 0 Å². The number of aromatic amines is 1. The number of benzene rings is 3. The molecule has 2 aromatic heterocycles. The number of nitrogens with one attached hydrogen (secondary N) is 2. The third-order valence-corrected chi connectivity index (χ3v) is 7.16. The van der Waals surface area contributed by atoms with Crippen molar-refractivity contribution in [2.24, 2.45) is 0 Å². The molecule has 1 aliphatic rings. The maximum Gasteiger partial charge on any atom is 0.259 e. The Labute approximate surface area is 226 Å². The first-order valence-electron chi connectivity index (χ1n) is 13.1. The minimum atomic E-state index is -0.393. The van der Waals surface area contributed by atoms with Crippen LogP contribution < -0.4 is 10.1 Å². The molecule has 1 aliphatic heterocycles. The number of amides is 2. The number of para-hydroxylation sites is 1. The Morgan fingerprint density at radius 3 is 2.38 bits per heavy atom. The zero-order valence-electron chi connectivity index (χ0n) is 22.0. The first kappa shape index (κ1) is 24.7. The van der Waals surface area contributed by atoms with Crippen LogP contribution in [0.1, 0.15) is 23.1 Å². The number of H-pyrrole nitrogens is 1. The third kappa shape index (κ3) is 4.73. The van der Waals surface area contributed by atoms with Gasteiger partial charge in [0.1, 0.15) is 12.4 Å².